The molecule has 0 amide bonds. The molecule has 0 aliphatic heterocycles. The van der Waals surface area contributed by atoms with Gasteiger partial charge in [-0.3, -0.25) is 0 Å². The molecule has 1 aromatic rings. The van der Waals surface area contributed by atoms with Gasteiger partial charge in [0, 0.05) is 17.0 Å². The molecule has 1 N–H and O–H groups in total. The Hall–Kier alpha value is -0.670. The smallest absolute Gasteiger partial charge is 0.0900 e. The molecule has 15 heavy (non-hydrogen) atoms. The van der Waals surface area contributed by atoms with E-state index in [1.54, 1.807) is 0 Å². The zero-order chi connectivity index (χ0) is 10.8. The van der Waals surface area contributed by atoms with Crippen molar-refractivity contribution in [1.82, 2.24) is 10.3 Å². The summed E-state index contributed by atoms with van der Waals surface area (Å²) < 4.78 is 0. The molecule has 82 valence electrons. The van der Waals surface area contributed by atoms with Crippen LogP contribution < -0.4 is 5.32 Å². The predicted molar refractivity (Wildman–Crippen MR) is 65.3 cm³/mol. The van der Waals surface area contributed by atoms with Gasteiger partial charge in [0.2, 0.25) is 0 Å². The Bertz CT molecular complexity index is 357. The van der Waals surface area contributed by atoms with Crippen LogP contribution in [0.5, 0.6) is 0 Å². The van der Waals surface area contributed by atoms with Gasteiger partial charge in [-0.25, -0.2) is 4.98 Å². The van der Waals surface area contributed by atoms with Crippen molar-refractivity contribution >= 4 is 11.3 Å². The zero-order valence-corrected chi connectivity index (χ0v) is 10.2. The van der Waals surface area contributed by atoms with E-state index in [0.717, 1.165) is 6.42 Å². The van der Waals surface area contributed by atoms with Crippen LogP contribution in [0.3, 0.4) is 0 Å². The van der Waals surface area contributed by atoms with E-state index in [1.165, 1.54) is 28.4 Å². The van der Waals surface area contributed by atoms with E-state index in [-0.39, 0.29) is 0 Å². The lowest BCUT2D eigenvalue weighted by molar-refractivity contribution is 0.444. The average Bonchev–Trinajstić information content (AvgIpc) is 2.59. The standard InChI is InChI=1S/C12H18N2S/c1-4-8(2)13-10-6-5-7-11-12(10)15-9(3)14-11/h4,8,10,13H,1,5-7H2,2-3H3. The fourth-order valence-electron chi connectivity index (χ4n) is 2.09. The second-order valence-electron chi connectivity index (χ2n) is 4.18. The van der Waals surface area contributed by atoms with Gasteiger partial charge in [0.25, 0.3) is 0 Å². The third kappa shape index (κ3) is 2.29. The molecule has 1 aliphatic rings. The first kappa shape index (κ1) is 10.8. The van der Waals surface area contributed by atoms with Crippen LogP contribution in [0.25, 0.3) is 0 Å². The van der Waals surface area contributed by atoms with Crippen molar-refractivity contribution < 1.29 is 0 Å². The maximum absolute atomic E-state index is 4.59. The van der Waals surface area contributed by atoms with E-state index < -0.39 is 0 Å². The number of aryl methyl sites for hydroxylation is 2. The molecule has 0 saturated heterocycles. The van der Waals surface area contributed by atoms with E-state index in [9.17, 15) is 0 Å². The maximum atomic E-state index is 4.59. The first-order valence-corrected chi connectivity index (χ1v) is 6.37. The van der Waals surface area contributed by atoms with Crippen LogP contribution in [-0.2, 0) is 6.42 Å². The molecule has 2 nitrogen and oxygen atoms in total. The number of thiazole rings is 1. The summed E-state index contributed by atoms with van der Waals surface area (Å²) in [7, 11) is 0. The number of hydrogen-bond donors (Lipinski definition) is 1. The summed E-state index contributed by atoms with van der Waals surface area (Å²) in [5, 5.41) is 4.78. The van der Waals surface area contributed by atoms with Gasteiger partial charge in [-0.2, -0.15) is 0 Å². The Morgan fingerprint density at radius 2 is 2.47 bits per heavy atom. The number of hydrogen-bond acceptors (Lipinski definition) is 3. The van der Waals surface area contributed by atoms with Gasteiger partial charge in [-0.05, 0) is 33.1 Å². The molecule has 0 fully saturated rings. The van der Waals surface area contributed by atoms with Crippen LogP contribution in [0.15, 0.2) is 12.7 Å². The average molecular weight is 222 g/mol. The zero-order valence-electron chi connectivity index (χ0n) is 9.42. The fraction of sp³-hybridized carbons (Fsp3) is 0.583. The summed E-state index contributed by atoms with van der Waals surface area (Å²) in [6.45, 7) is 8.05. The van der Waals surface area contributed by atoms with Crippen molar-refractivity contribution in [1.29, 1.82) is 0 Å². The van der Waals surface area contributed by atoms with Crippen molar-refractivity contribution in [3.05, 3.63) is 28.2 Å². The first-order chi connectivity index (χ1) is 7.20. The third-order valence-electron chi connectivity index (χ3n) is 2.87. The van der Waals surface area contributed by atoms with Crippen molar-refractivity contribution in [2.75, 3.05) is 0 Å². The van der Waals surface area contributed by atoms with Crippen LogP contribution >= 0.6 is 11.3 Å². The van der Waals surface area contributed by atoms with E-state index in [2.05, 4.69) is 30.7 Å². The number of nitrogens with zero attached hydrogens (tertiary/aromatic N) is 1. The molecule has 0 saturated carbocycles. The van der Waals surface area contributed by atoms with Crippen molar-refractivity contribution in [2.45, 2.75) is 45.2 Å². The quantitative estimate of drug-likeness (QED) is 0.795. The number of rotatable bonds is 3. The normalized spacial score (nSPS) is 22.1. The number of aromatic nitrogens is 1. The molecule has 1 heterocycles. The highest BCUT2D eigenvalue weighted by Gasteiger charge is 2.24. The second-order valence-corrected chi connectivity index (χ2v) is 5.41. The Morgan fingerprint density at radius 1 is 1.67 bits per heavy atom. The fourth-order valence-corrected chi connectivity index (χ4v) is 3.15. The molecule has 0 radical (unpaired) electrons. The molecule has 2 rings (SSSR count). The number of nitrogens with one attached hydrogen (secondary N) is 1. The first-order valence-electron chi connectivity index (χ1n) is 5.55. The minimum Gasteiger partial charge on any atom is -0.303 e. The van der Waals surface area contributed by atoms with E-state index in [1.807, 2.05) is 17.4 Å². The topological polar surface area (TPSA) is 24.9 Å². The van der Waals surface area contributed by atoms with Gasteiger partial charge in [0.1, 0.15) is 0 Å². The SMILES string of the molecule is C=CC(C)NC1CCCc2nc(C)sc21. The Kier molecular flexibility index (Phi) is 3.22. The van der Waals surface area contributed by atoms with E-state index in [4.69, 9.17) is 0 Å². The summed E-state index contributed by atoms with van der Waals surface area (Å²) in [6.07, 6.45) is 5.59. The van der Waals surface area contributed by atoms with Crippen molar-refractivity contribution in [3.8, 4) is 0 Å². The van der Waals surface area contributed by atoms with Crippen LogP contribution in [0, 0.1) is 6.92 Å². The molecule has 3 heteroatoms. The van der Waals surface area contributed by atoms with Crippen LogP contribution in [0.1, 0.15) is 41.4 Å². The van der Waals surface area contributed by atoms with E-state index >= 15 is 0 Å². The Labute approximate surface area is 95.4 Å². The lowest BCUT2D eigenvalue weighted by atomic mass is 9.97. The highest BCUT2D eigenvalue weighted by molar-refractivity contribution is 7.11. The summed E-state index contributed by atoms with van der Waals surface area (Å²) in [5.41, 5.74) is 1.32. The Morgan fingerprint density at radius 3 is 3.20 bits per heavy atom. The second kappa shape index (κ2) is 4.45. The van der Waals surface area contributed by atoms with Crippen LogP contribution in [0.4, 0.5) is 0 Å². The molecule has 0 spiro atoms. The van der Waals surface area contributed by atoms with Crippen LogP contribution in [0.2, 0.25) is 0 Å². The summed E-state index contributed by atoms with van der Waals surface area (Å²) in [4.78, 5) is 6.04. The largest absolute Gasteiger partial charge is 0.303 e. The van der Waals surface area contributed by atoms with Crippen molar-refractivity contribution in [3.63, 3.8) is 0 Å². The highest BCUT2D eigenvalue weighted by Crippen LogP contribution is 2.34. The maximum Gasteiger partial charge on any atom is 0.0900 e. The monoisotopic (exact) mass is 222 g/mol. The highest BCUT2D eigenvalue weighted by atomic mass is 32.1. The molecule has 0 aromatic carbocycles. The van der Waals surface area contributed by atoms with E-state index in [0.29, 0.717) is 12.1 Å². The third-order valence-corrected chi connectivity index (χ3v) is 4.00. The number of fused-ring (bicyclic) bond motifs is 1. The van der Waals surface area contributed by atoms with Crippen molar-refractivity contribution in [2.24, 2.45) is 0 Å². The summed E-state index contributed by atoms with van der Waals surface area (Å²) >= 11 is 1.84. The van der Waals surface area contributed by atoms with Gasteiger partial charge in [0.15, 0.2) is 0 Å². The predicted octanol–water partition coefficient (Wildman–Crippen LogP) is 2.99. The molecule has 2 atom stereocenters. The van der Waals surface area contributed by atoms with Gasteiger partial charge >= 0.3 is 0 Å². The minimum absolute atomic E-state index is 0.378. The molecule has 0 bridgehead atoms. The van der Waals surface area contributed by atoms with Gasteiger partial charge < -0.3 is 5.32 Å². The lowest BCUT2D eigenvalue weighted by Crippen LogP contribution is -2.30. The van der Waals surface area contributed by atoms with Crippen LogP contribution in [-0.4, -0.2) is 11.0 Å². The Balaban J connectivity index is 2.18. The summed E-state index contributed by atoms with van der Waals surface area (Å²) in [6, 6.07) is 0.872. The molecule has 2 unspecified atom stereocenters. The summed E-state index contributed by atoms with van der Waals surface area (Å²) in [5.74, 6) is 0. The molecule has 1 aromatic heterocycles. The molecular weight excluding hydrogens is 204 g/mol. The van der Waals surface area contributed by atoms with Gasteiger partial charge in [0.05, 0.1) is 10.7 Å². The molecular formula is C12H18N2S. The van der Waals surface area contributed by atoms with Gasteiger partial charge in [-0.1, -0.05) is 6.08 Å². The lowest BCUT2D eigenvalue weighted by Gasteiger charge is -2.24. The van der Waals surface area contributed by atoms with Gasteiger partial charge in [-0.15, -0.1) is 17.9 Å². The molecule has 1 aliphatic carbocycles. The minimum atomic E-state index is 0.378.